The molecule has 0 radical (unpaired) electrons. The van der Waals surface area contributed by atoms with Crippen molar-refractivity contribution in [1.29, 1.82) is 0 Å². The molecular formula is C52H110N12O2. The summed E-state index contributed by atoms with van der Waals surface area (Å²) in [6, 6.07) is -0.459. The third-order valence-corrected chi connectivity index (χ3v) is 12.1. The number of amides is 2. The molecule has 0 saturated carbocycles. The van der Waals surface area contributed by atoms with Crippen molar-refractivity contribution in [3.63, 3.8) is 0 Å². The molecule has 14 heteroatoms. The van der Waals surface area contributed by atoms with Crippen LogP contribution in [0, 0.1) is 0 Å². The van der Waals surface area contributed by atoms with Gasteiger partial charge in [-0.2, -0.15) is 0 Å². The van der Waals surface area contributed by atoms with Crippen molar-refractivity contribution in [2.24, 2.45) is 22.9 Å². The lowest BCUT2D eigenvalue weighted by Gasteiger charge is -2.24. The molecule has 66 heavy (non-hydrogen) atoms. The summed E-state index contributed by atoms with van der Waals surface area (Å²) in [7, 11) is 0. The molecule has 14 N–H and O–H groups in total. The first-order chi connectivity index (χ1) is 32.5. The Balaban J connectivity index is 5.40. The maximum atomic E-state index is 13.3. The quantitative estimate of drug-likeness (QED) is 0.0279. The zero-order valence-corrected chi connectivity index (χ0v) is 43.2. The van der Waals surface area contributed by atoms with E-state index in [1.165, 1.54) is 77.0 Å². The molecule has 0 aliphatic carbocycles. The minimum atomic E-state index is -0.230. The number of carbonyl (C=O) groups is 2. The van der Waals surface area contributed by atoms with Gasteiger partial charge in [0.05, 0.1) is 12.1 Å². The van der Waals surface area contributed by atoms with Crippen LogP contribution in [0.1, 0.15) is 168 Å². The van der Waals surface area contributed by atoms with Gasteiger partial charge in [-0.1, -0.05) is 102 Å². The van der Waals surface area contributed by atoms with Gasteiger partial charge >= 0.3 is 0 Å². The number of unbranched alkanes of at least 4 members (excludes halogenated alkanes) is 13. The van der Waals surface area contributed by atoms with Gasteiger partial charge in [-0.3, -0.25) is 19.4 Å². The molecule has 2 atom stereocenters. The molecule has 0 heterocycles. The zero-order valence-electron chi connectivity index (χ0n) is 43.2. The Labute approximate surface area is 406 Å². The number of carbonyl (C=O) groups excluding carboxylic acids is 2. The van der Waals surface area contributed by atoms with Crippen LogP contribution in [0.5, 0.6) is 0 Å². The van der Waals surface area contributed by atoms with Gasteiger partial charge in [-0.25, -0.2) is 0 Å². The first kappa shape index (κ1) is 64.0. The molecule has 0 aromatic carbocycles. The zero-order chi connectivity index (χ0) is 48.2. The van der Waals surface area contributed by atoms with Crippen LogP contribution >= 0.6 is 0 Å². The average molecular weight is 936 g/mol. The van der Waals surface area contributed by atoms with Crippen LogP contribution in [0.15, 0.2) is 24.3 Å². The summed E-state index contributed by atoms with van der Waals surface area (Å²) in [6.45, 7) is 19.0. The Hall–Kier alpha value is -1.98. The van der Waals surface area contributed by atoms with Crippen LogP contribution < -0.4 is 54.8 Å². The SMILES string of the molecule is CCCCCCCCC=CCN(CCCCN(CC=CCCCCCCCC)CCCNC(=O)C(CCNCCCN)NCCCN)CCCNC(=O)C(CCNCCCN)NCCCN. The molecule has 0 spiro atoms. The van der Waals surface area contributed by atoms with Crippen molar-refractivity contribution in [2.75, 3.05) is 118 Å². The van der Waals surface area contributed by atoms with Gasteiger partial charge in [0.15, 0.2) is 0 Å². The molecular weight excluding hydrogens is 825 g/mol. The second-order valence-electron chi connectivity index (χ2n) is 18.3. The van der Waals surface area contributed by atoms with E-state index in [4.69, 9.17) is 22.9 Å². The highest BCUT2D eigenvalue weighted by atomic mass is 16.2. The predicted molar refractivity (Wildman–Crippen MR) is 285 cm³/mol. The van der Waals surface area contributed by atoms with Crippen LogP contribution in [0.25, 0.3) is 0 Å². The van der Waals surface area contributed by atoms with Crippen molar-refractivity contribution in [3.8, 4) is 0 Å². The number of hydrogen-bond acceptors (Lipinski definition) is 12. The van der Waals surface area contributed by atoms with E-state index in [-0.39, 0.29) is 23.9 Å². The third-order valence-electron chi connectivity index (χ3n) is 12.1. The summed E-state index contributed by atoms with van der Waals surface area (Å²) in [5.74, 6) is 0.146. The maximum Gasteiger partial charge on any atom is 0.237 e. The number of hydrogen-bond donors (Lipinski definition) is 10. The monoisotopic (exact) mass is 935 g/mol. The summed E-state index contributed by atoms with van der Waals surface area (Å²) < 4.78 is 0. The number of nitrogens with zero attached hydrogens (tertiary/aromatic N) is 2. The van der Waals surface area contributed by atoms with Crippen LogP contribution in [-0.2, 0) is 9.59 Å². The first-order valence-electron chi connectivity index (χ1n) is 27.5. The van der Waals surface area contributed by atoms with Crippen molar-refractivity contribution in [2.45, 2.75) is 180 Å². The molecule has 0 fully saturated rings. The maximum absolute atomic E-state index is 13.3. The van der Waals surface area contributed by atoms with Crippen LogP contribution in [0.3, 0.4) is 0 Å². The van der Waals surface area contributed by atoms with Gasteiger partial charge in [0.1, 0.15) is 0 Å². The lowest BCUT2D eigenvalue weighted by Crippen LogP contribution is -2.46. The smallest absolute Gasteiger partial charge is 0.237 e. The minimum Gasteiger partial charge on any atom is -0.355 e. The minimum absolute atomic E-state index is 0.0732. The lowest BCUT2D eigenvalue weighted by molar-refractivity contribution is -0.124. The van der Waals surface area contributed by atoms with Crippen molar-refractivity contribution < 1.29 is 9.59 Å². The van der Waals surface area contributed by atoms with Gasteiger partial charge in [-0.05, 0) is 168 Å². The van der Waals surface area contributed by atoms with E-state index in [0.717, 1.165) is 156 Å². The Morgan fingerprint density at radius 3 is 1.17 bits per heavy atom. The fourth-order valence-electron chi connectivity index (χ4n) is 7.91. The number of nitrogens with two attached hydrogens (primary N) is 4. The summed E-state index contributed by atoms with van der Waals surface area (Å²) in [6.07, 6.45) is 36.7. The van der Waals surface area contributed by atoms with Gasteiger partial charge in [0, 0.05) is 39.3 Å². The summed E-state index contributed by atoms with van der Waals surface area (Å²) >= 11 is 0. The number of allylic oxidation sites excluding steroid dienone is 2. The Kier molecular flexibility index (Phi) is 50.8. The second-order valence-corrected chi connectivity index (χ2v) is 18.3. The molecule has 0 bridgehead atoms. The van der Waals surface area contributed by atoms with Crippen LogP contribution in [0.4, 0.5) is 0 Å². The standard InChI is InChI=1S/C52H110N12O2/c1-3-5-7-9-11-13-15-17-19-43-63(47-27-39-61-51(65)49(59-37-25-33-55)29-41-57-35-23-31-53)45-21-22-46-64(44-20-18-16-14-12-10-8-6-4-2)48-28-40-62-52(66)50(60-38-26-34-56)30-42-58-36-24-32-54/h17-20,49-50,57-60H,3-16,21-48,53-56H2,1-2H3,(H,61,65)(H,62,66). The number of rotatable bonds is 53. The van der Waals surface area contributed by atoms with E-state index >= 15 is 0 Å². The predicted octanol–water partition coefficient (Wildman–Crippen LogP) is 5.27. The van der Waals surface area contributed by atoms with E-state index in [0.29, 0.717) is 39.3 Å². The topological polar surface area (TPSA) is 217 Å². The third kappa shape index (κ3) is 43.3. The van der Waals surface area contributed by atoms with E-state index < -0.39 is 0 Å². The van der Waals surface area contributed by atoms with Gasteiger partial charge < -0.3 is 54.8 Å². The molecule has 0 aliphatic heterocycles. The second kappa shape index (κ2) is 52.4. The van der Waals surface area contributed by atoms with Crippen molar-refractivity contribution >= 4 is 11.8 Å². The van der Waals surface area contributed by atoms with Crippen LogP contribution in [0.2, 0.25) is 0 Å². The van der Waals surface area contributed by atoms with E-state index in [1.807, 2.05) is 0 Å². The van der Waals surface area contributed by atoms with Crippen molar-refractivity contribution in [1.82, 2.24) is 41.7 Å². The fraction of sp³-hybridized carbons (Fsp3) is 0.885. The largest absolute Gasteiger partial charge is 0.355 e. The van der Waals surface area contributed by atoms with E-state index in [2.05, 4.69) is 79.9 Å². The molecule has 2 unspecified atom stereocenters. The normalized spacial score (nSPS) is 12.9. The molecule has 0 aromatic rings. The molecule has 0 aliphatic rings. The number of nitrogens with one attached hydrogen (secondary N) is 6. The molecule has 0 saturated heterocycles. The average Bonchev–Trinajstić information content (AvgIpc) is 3.32. The Bertz CT molecular complexity index is 1000. The van der Waals surface area contributed by atoms with Crippen LogP contribution in [-0.4, -0.2) is 152 Å². The highest BCUT2D eigenvalue weighted by Crippen LogP contribution is 2.09. The highest BCUT2D eigenvalue weighted by molar-refractivity contribution is 5.82. The lowest BCUT2D eigenvalue weighted by atomic mass is 10.1. The molecule has 0 rings (SSSR count). The van der Waals surface area contributed by atoms with Gasteiger partial charge in [-0.15, -0.1) is 0 Å². The van der Waals surface area contributed by atoms with Gasteiger partial charge in [0.25, 0.3) is 0 Å². The van der Waals surface area contributed by atoms with Gasteiger partial charge in [0.2, 0.25) is 11.8 Å². The van der Waals surface area contributed by atoms with E-state index in [1.54, 1.807) is 0 Å². The van der Waals surface area contributed by atoms with E-state index in [9.17, 15) is 9.59 Å². The molecule has 390 valence electrons. The fourth-order valence-corrected chi connectivity index (χ4v) is 7.91. The summed E-state index contributed by atoms with van der Waals surface area (Å²) in [4.78, 5) is 31.6. The van der Waals surface area contributed by atoms with Crippen molar-refractivity contribution in [3.05, 3.63) is 24.3 Å². The Morgan fingerprint density at radius 1 is 0.409 bits per heavy atom. The molecule has 2 amide bonds. The highest BCUT2D eigenvalue weighted by Gasteiger charge is 2.18. The first-order valence-corrected chi connectivity index (χ1v) is 27.5. The summed E-state index contributed by atoms with van der Waals surface area (Å²) in [5.41, 5.74) is 22.8. The Morgan fingerprint density at radius 2 is 0.773 bits per heavy atom. The summed E-state index contributed by atoms with van der Waals surface area (Å²) in [5, 5.41) is 20.1. The molecule has 14 nitrogen and oxygen atoms in total. The molecule has 0 aromatic heterocycles.